The highest BCUT2D eigenvalue weighted by Crippen LogP contribution is 2.35. The number of Topliss-reactive ketones (excluding diaryl/α,β-unsaturated/α-hetero) is 1. The Bertz CT molecular complexity index is 680. The molecule has 1 aliphatic heterocycles. The van der Waals surface area contributed by atoms with Crippen molar-refractivity contribution in [3.05, 3.63) is 46.7 Å². The van der Waals surface area contributed by atoms with Crippen molar-refractivity contribution in [3.63, 3.8) is 0 Å². The number of urea groups is 1. The van der Waals surface area contributed by atoms with Gasteiger partial charge in [0.2, 0.25) is 0 Å². The number of ketones is 1. The summed E-state index contributed by atoms with van der Waals surface area (Å²) in [5.41, 5.74) is 0.174. The first-order valence-corrected chi connectivity index (χ1v) is 7.13. The number of carbonyl (C=O) groups excluding carboxylic acids is 2. The van der Waals surface area contributed by atoms with Crippen molar-refractivity contribution in [1.82, 2.24) is 10.2 Å². The van der Waals surface area contributed by atoms with Gasteiger partial charge < -0.3 is 5.32 Å². The van der Waals surface area contributed by atoms with Gasteiger partial charge in [0.1, 0.15) is 0 Å². The van der Waals surface area contributed by atoms with Gasteiger partial charge in [-0.2, -0.15) is 13.2 Å². The summed E-state index contributed by atoms with van der Waals surface area (Å²) in [5.74, 6) is -0.289. The molecule has 0 aliphatic carbocycles. The predicted octanol–water partition coefficient (Wildman–Crippen LogP) is 3.65. The molecule has 1 aliphatic rings. The highest BCUT2D eigenvalue weighted by atomic mass is 19.4. The molecule has 0 fully saturated rings. The number of carbonyl (C=O) groups is 2. The largest absolute Gasteiger partial charge is 0.416 e. The lowest BCUT2D eigenvalue weighted by Gasteiger charge is -2.35. The Morgan fingerprint density at radius 3 is 2.52 bits per heavy atom. The van der Waals surface area contributed by atoms with Crippen LogP contribution in [0.3, 0.4) is 0 Å². The molecule has 1 heterocycles. The summed E-state index contributed by atoms with van der Waals surface area (Å²) in [6.07, 6.45) is -4.49. The second-order valence-electron chi connectivity index (χ2n) is 5.31. The van der Waals surface area contributed by atoms with E-state index in [1.165, 1.54) is 24.0 Å². The van der Waals surface area contributed by atoms with Gasteiger partial charge >= 0.3 is 12.2 Å². The second kappa shape index (κ2) is 6.06. The smallest absolute Gasteiger partial charge is 0.327 e. The highest BCUT2D eigenvalue weighted by Gasteiger charge is 2.35. The number of nitrogens with zero attached hydrogens (tertiary/aromatic N) is 1. The number of nitrogens with one attached hydrogen (secondary N) is 1. The third-order valence-electron chi connectivity index (χ3n) is 3.84. The summed E-state index contributed by atoms with van der Waals surface area (Å²) < 4.78 is 38.7. The van der Waals surface area contributed by atoms with Crippen LogP contribution in [0.2, 0.25) is 0 Å². The van der Waals surface area contributed by atoms with Crippen LogP contribution in [0.25, 0.3) is 0 Å². The molecule has 2 amide bonds. The third kappa shape index (κ3) is 3.23. The standard InChI is InChI=1S/C16H17F3N2O2/c1-4-21-9(2)13(10(3)22)14(20-15(21)23)11-6-5-7-12(8-11)16(17,18)19/h5-8,14H,4H2,1-3H3,(H,20,23). The molecule has 0 radical (unpaired) electrons. The number of amides is 2. The van der Waals surface area contributed by atoms with E-state index in [0.29, 0.717) is 17.8 Å². The van der Waals surface area contributed by atoms with E-state index >= 15 is 0 Å². The first-order chi connectivity index (χ1) is 10.7. The van der Waals surface area contributed by atoms with E-state index in [-0.39, 0.29) is 11.3 Å². The second-order valence-corrected chi connectivity index (χ2v) is 5.31. The Hall–Kier alpha value is -2.31. The summed E-state index contributed by atoms with van der Waals surface area (Å²) in [6.45, 7) is 5.08. The van der Waals surface area contributed by atoms with Gasteiger partial charge in [0.05, 0.1) is 11.6 Å². The quantitative estimate of drug-likeness (QED) is 0.921. The molecular weight excluding hydrogens is 309 g/mol. The fourth-order valence-corrected chi connectivity index (χ4v) is 2.76. The molecule has 124 valence electrons. The normalized spacial score (nSPS) is 19.0. The molecule has 1 aromatic rings. The zero-order chi connectivity index (χ0) is 17.4. The maximum absolute atomic E-state index is 12.9. The number of allylic oxidation sites excluding steroid dienone is 1. The lowest BCUT2D eigenvalue weighted by molar-refractivity contribution is -0.137. The number of hydrogen-bond acceptors (Lipinski definition) is 2. The van der Waals surface area contributed by atoms with Crippen LogP contribution in [-0.2, 0) is 11.0 Å². The molecule has 1 atom stereocenters. The van der Waals surface area contributed by atoms with E-state index in [2.05, 4.69) is 5.32 Å². The molecule has 0 aromatic heterocycles. The van der Waals surface area contributed by atoms with Crippen LogP contribution in [-0.4, -0.2) is 23.3 Å². The number of rotatable bonds is 3. The maximum atomic E-state index is 12.9. The Morgan fingerprint density at radius 2 is 2.00 bits per heavy atom. The first kappa shape index (κ1) is 17.1. The Labute approximate surface area is 132 Å². The topological polar surface area (TPSA) is 49.4 Å². The van der Waals surface area contributed by atoms with E-state index < -0.39 is 23.8 Å². The summed E-state index contributed by atoms with van der Waals surface area (Å²) >= 11 is 0. The van der Waals surface area contributed by atoms with Crippen LogP contribution >= 0.6 is 0 Å². The maximum Gasteiger partial charge on any atom is 0.416 e. The van der Waals surface area contributed by atoms with Crippen LogP contribution in [0.15, 0.2) is 35.5 Å². The van der Waals surface area contributed by atoms with E-state index in [1.807, 2.05) is 0 Å². The first-order valence-electron chi connectivity index (χ1n) is 7.13. The summed E-state index contributed by atoms with van der Waals surface area (Å²) in [4.78, 5) is 25.5. The SMILES string of the molecule is CCN1C(=O)NC(c2cccc(C(F)(F)F)c2)C(C(C)=O)=C1C. The fraction of sp³-hybridized carbons (Fsp3) is 0.375. The molecule has 0 bridgehead atoms. The average Bonchev–Trinajstić information content (AvgIpc) is 2.45. The average molecular weight is 326 g/mol. The van der Waals surface area contributed by atoms with Crippen molar-refractivity contribution in [3.8, 4) is 0 Å². The van der Waals surface area contributed by atoms with Crippen molar-refractivity contribution < 1.29 is 22.8 Å². The zero-order valence-corrected chi connectivity index (χ0v) is 13.0. The molecule has 0 saturated carbocycles. The number of halogens is 3. The van der Waals surface area contributed by atoms with Gasteiger partial charge in [-0.15, -0.1) is 0 Å². The molecule has 0 spiro atoms. The van der Waals surface area contributed by atoms with Crippen LogP contribution in [0.4, 0.5) is 18.0 Å². The fourth-order valence-electron chi connectivity index (χ4n) is 2.76. The monoisotopic (exact) mass is 326 g/mol. The molecule has 2 rings (SSSR count). The lowest BCUT2D eigenvalue weighted by Crippen LogP contribution is -2.47. The zero-order valence-electron chi connectivity index (χ0n) is 13.0. The number of alkyl halides is 3. The van der Waals surface area contributed by atoms with Crippen molar-refractivity contribution in [2.45, 2.75) is 33.0 Å². The van der Waals surface area contributed by atoms with E-state index in [0.717, 1.165) is 12.1 Å². The van der Waals surface area contributed by atoms with Gasteiger partial charge in [0.25, 0.3) is 0 Å². The minimum atomic E-state index is -4.49. The summed E-state index contributed by atoms with van der Waals surface area (Å²) in [5, 5.41) is 2.62. The van der Waals surface area contributed by atoms with Crippen molar-refractivity contribution >= 4 is 11.8 Å². The van der Waals surface area contributed by atoms with Gasteiger partial charge in [-0.25, -0.2) is 4.79 Å². The van der Waals surface area contributed by atoms with Crippen LogP contribution in [0.1, 0.15) is 37.9 Å². The molecule has 23 heavy (non-hydrogen) atoms. The molecule has 7 heteroatoms. The molecular formula is C16H17F3N2O2. The lowest BCUT2D eigenvalue weighted by atomic mass is 9.91. The van der Waals surface area contributed by atoms with Crippen LogP contribution in [0.5, 0.6) is 0 Å². The summed E-state index contributed by atoms with van der Waals surface area (Å²) in [6, 6.07) is 3.34. The van der Waals surface area contributed by atoms with Crippen LogP contribution in [0, 0.1) is 0 Å². The van der Waals surface area contributed by atoms with Crippen molar-refractivity contribution in [2.75, 3.05) is 6.54 Å². The minimum absolute atomic E-state index is 0.230. The summed E-state index contributed by atoms with van der Waals surface area (Å²) in [7, 11) is 0. The third-order valence-corrected chi connectivity index (χ3v) is 3.84. The predicted molar refractivity (Wildman–Crippen MR) is 78.5 cm³/mol. The molecule has 1 aromatic carbocycles. The van der Waals surface area contributed by atoms with Gasteiger partial charge in [-0.1, -0.05) is 12.1 Å². The molecule has 1 unspecified atom stereocenters. The van der Waals surface area contributed by atoms with Crippen molar-refractivity contribution in [1.29, 1.82) is 0 Å². The van der Waals surface area contributed by atoms with E-state index in [9.17, 15) is 22.8 Å². The molecule has 1 N–H and O–H groups in total. The minimum Gasteiger partial charge on any atom is -0.327 e. The van der Waals surface area contributed by atoms with E-state index in [4.69, 9.17) is 0 Å². The molecule has 4 nitrogen and oxygen atoms in total. The van der Waals surface area contributed by atoms with Gasteiger partial charge in [-0.05, 0) is 38.5 Å². The van der Waals surface area contributed by atoms with Crippen LogP contribution < -0.4 is 5.32 Å². The van der Waals surface area contributed by atoms with Crippen molar-refractivity contribution in [2.24, 2.45) is 0 Å². The highest BCUT2D eigenvalue weighted by molar-refractivity contribution is 5.98. The number of benzene rings is 1. The van der Waals surface area contributed by atoms with Gasteiger partial charge in [-0.3, -0.25) is 9.69 Å². The Kier molecular flexibility index (Phi) is 4.49. The number of hydrogen-bond donors (Lipinski definition) is 1. The van der Waals surface area contributed by atoms with E-state index in [1.54, 1.807) is 13.8 Å². The molecule has 0 saturated heterocycles. The Balaban J connectivity index is 2.56. The Morgan fingerprint density at radius 1 is 1.35 bits per heavy atom. The van der Waals surface area contributed by atoms with Gasteiger partial charge in [0, 0.05) is 17.8 Å². The van der Waals surface area contributed by atoms with Gasteiger partial charge in [0.15, 0.2) is 5.78 Å².